The molecule has 2 heterocycles. The molecule has 2 fully saturated rings. The summed E-state index contributed by atoms with van der Waals surface area (Å²) in [4.78, 5) is 27.0. The minimum atomic E-state index is -0.663. The van der Waals surface area contributed by atoms with Gasteiger partial charge in [-0.2, -0.15) is 0 Å². The molecule has 6 nitrogen and oxygen atoms in total. The molecule has 0 saturated carbocycles. The molecule has 2 saturated heterocycles. The van der Waals surface area contributed by atoms with Crippen molar-refractivity contribution >= 4 is 12.1 Å². The number of carboxylic acid groups (broad SMARTS) is 1. The first-order valence-corrected chi connectivity index (χ1v) is 8.00. The Morgan fingerprint density at radius 3 is 2.43 bits per heavy atom. The van der Waals surface area contributed by atoms with Crippen molar-refractivity contribution in [1.29, 1.82) is 0 Å². The molecular weight excluding hydrogens is 272 g/mol. The van der Waals surface area contributed by atoms with Crippen LogP contribution in [0.15, 0.2) is 0 Å². The predicted octanol–water partition coefficient (Wildman–Crippen LogP) is 1.79. The predicted molar refractivity (Wildman–Crippen MR) is 78.2 cm³/mol. The van der Waals surface area contributed by atoms with Gasteiger partial charge in [0.1, 0.15) is 0 Å². The van der Waals surface area contributed by atoms with Gasteiger partial charge in [0.25, 0.3) is 0 Å². The van der Waals surface area contributed by atoms with E-state index in [0.29, 0.717) is 12.6 Å². The number of carbonyl (C=O) groups excluding carboxylic acids is 1. The van der Waals surface area contributed by atoms with E-state index in [1.165, 1.54) is 0 Å². The summed E-state index contributed by atoms with van der Waals surface area (Å²) in [6.07, 6.45) is 4.30. The molecule has 6 heteroatoms. The van der Waals surface area contributed by atoms with Gasteiger partial charge in [-0.05, 0) is 52.1 Å². The lowest BCUT2D eigenvalue weighted by atomic mass is 9.94. The fourth-order valence-corrected chi connectivity index (χ4v) is 3.35. The van der Waals surface area contributed by atoms with E-state index >= 15 is 0 Å². The zero-order chi connectivity index (χ0) is 15.2. The molecule has 2 aliphatic rings. The third kappa shape index (κ3) is 4.33. The number of carboxylic acids is 1. The first-order chi connectivity index (χ1) is 10.1. The summed E-state index contributed by atoms with van der Waals surface area (Å²) < 4.78 is 5.07. The Morgan fingerprint density at radius 2 is 1.81 bits per heavy atom. The highest BCUT2D eigenvalue weighted by atomic mass is 16.6. The molecule has 0 aromatic heterocycles. The Kier molecular flexibility index (Phi) is 5.85. The van der Waals surface area contributed by atoms with Crippen LogP contribution in [0.1, 0.15) is 39.0 Å². The monoisotopic (exact) mass is 298 g/mol. The number of aliphatic carboxylic acids is 1. The molecule has 0 aromatic rings. The maximum absolute atomic E-state index is 11.8. The number of likely N-dealkylation sites (tertiary alicyclic amines) is 2. The minimum absolute atomic E-state index is 0.178. The summed E-state index contributed by atoms with van der Waals surface area (Å²) >= 11 is 0. The van der Waals surface area contributed by atoms with Crippen LogP contribution in [0.3, 0.4) is 0 Å². The van der Waals surface area contributed by atoms with Gasteiger partial charge in [-0.25, -0.2) is 4.79 Å². The van der Waals surface area contributed by atoms with Gasteiger partial charge >= 0.3 is 12.1 Å². The fraction of sp³-hybridized carbons (Fsp3) is 0.867. The van der Waals surface area contributed by atoms with Gasteiger partial charge < -0.3 is 19.6 Å². The van der Waals surface area contributed by atoms with Crippen molar-refractivity contribution in [1.82, 2.24) is 9.80 Å². The summed E-state index contributed by atoms with van der Waals surface area (Å²) in [6, 6.07) is 0.471. The number of rotatable bonds is 3. The molecule has 1 N–H and O–H groups in total. The Morgan fingerprint density at radius 1 is 1.10 bits per heavy atom. The molecule has 2 rings (SSSR count). The molecule has 0 aromatic carbocycles. The van der Waals surface area contributed by atoms with Crippen molar-refractivity contribution in [2.24, 2.45) is 5.92 Å². The lowest BCUT2D eigenvalue weighted by molar-refractivity contribution is -0.143. The molecule has 0 bridgehead atoms. The third-order valence-corrected chi connectivity index (χ3v) is 4.62. The molecule has 1 atom stereocenters. The Bertz CT molecular complexity index is 367. The van der Waals surface area contributed by atoms with Crippen molar-refractivity contribution in [2.45, 2.75) is 45.1 Å². The van der Waals surface area contributed by atoms with Crippen LogP contribution in [0.5, 0.6) is 0 Å². The van der Waals surface area contributed by atoms with Crippen LogP contribution in [-0.2, 0) is 9.53 Å². The number of nitrogens with zero attached hydrogens (tertiary/aromatic N) is 2. The van der Waals surface area contributed by atoms with Gasteiger partial charge in [0.2, 0.25) is 0 Å². The number of ether oxygens (including phenoxy) is 1. The van der Waals surface area contributed by atoms with Crippen molar-refractivity contribution in [3.63, 3.8) is 0 Å². The number of amides is 1. The highest BCUT2D eigenvalue weighted by Crippen LogP contribution is 2.24. The van der Waals surface area contributed by atoms with Crippen molar-refractivity contribution < 1.29 is 19.4 Å². The molecule has 21 heavy (non-hydrogen) atoms. The van der Waals surface area contributed by atoms with Gasteiger partial charge in [0.05, 0.1) is 12.5 Å². The number of carbonyl (C=O) groups is 2. The van der Waals surface area contributed by atoms with E-state index in [1.54, 1.807) is 4.90 Å². The van der Waals surface area contributed by atoms with Crippen LogP contribution in [0, 0.1) is 5.92 Å². The summed E-state index contributed by atoms with van der Waals surface area (Å²) in [6.45, 7) is 5.47. The molecule has 2 aliphatic heterocycles. The Hall–Kier alpha value is -1.30. The van der Waals surface area contributed by atoms with Crippen LogP contribution in [0.2, 0.25) is 0 Å². The summed E-state index contributed by atoms with van der Waals surface area (Å²) in [5.74, 6) is -0.841. The number of piperidine rings is 1. The summed E-state index contributed by atoms with van der Waals surface area (Å²) in [5.41, 5.74) is 0. The van der Waals surface area contributed by atoms with E-state index in [1.807, 2.05) is 6.92 Å². The maximum Gasteiger partial charge on any atom is 0.409 e. The summed E-state index contributed by atoms with van der Waals surface area (Å²) in [5, 5.41) is 9.05. The molecule has 0 spiro atoms. The van der Waals surface area contributed by atoms with E-state index in [0.717, 1.165) is 58.3 Å². The average molecular weight is 298 g/mol. The minimum Gasteiger partial charge on any atom is -0.481 e. The Labute approximate surface area is 126 Å². The highest BCUT2D eigenvalue weighted by Gasteiger charge is 2.30. The Balaban J connectivity index is 1.81. The normalized spacial score (nSPS) is 25.4. The topological polar surface area (TPSA) is 70.1 Å². The SMILES string of the molecule is CCOC(=O)N1CCCC(N2CCC(C(=O)O)CC2)CC1. The first kappa shape index (κ1) is 16.1. The maximum atomic E-state index is 11.8. The first-order valence-electron chi connectivity index (χ1n) is 8.00. The van der Waals surface area contributed by atoms with E-state index < -0.39 is 5.97 Å². The highest BCUT2D eigenvalue weighted by molar-refractivity contribution is 5.70. The zero-order valence-corrected chi connectivity index (χ0v) is 12.8. The molecule has 120 valence electrons. The molecule has 0 aliphatic carbocycles. The van der Waals surface area contributed by atoms with Gasteiger partial charge in [-0.1, -0.05) is 0 Å². The molecule has 0 radical (unpaired) electrons. The van der Waals surface area contributed by atoms with Crippen molar-refractivity contribution in [3.8, 4) is 0 Å². The number of hydrogen-bond acceptors (Lipinski definition) is 4. The van der Waals surface area contributed by atoms with Crippen LogP contribution in [0.25, 0.3) is 0 Å². The largest absolute Gasteiger partial charge is 0.481 e. The van der Waals surface area contributed by atoms with E-state index in [4.69, 9.17) is 9.84 Å². The van der Waals surface area contributed by atoms with E-state index in [9.17, 15) is 9.59 Å². The average Bonchev–Trinajstić information content (AvgIpc) is 2.73. The van der Waals surface area contributed by atoms with Crippen LogP contribution in [-0.4, -0.2) is 65.8 Å². The smallest absolute Gasteiger partial charge is 0.409 e. The van der Waals surface area contributed by atoms with Crippen LogP contribution in [0.4, 0.5) is 4.79 Å². The van der Waals surface area contributed by atoms with Crippen LogP contribution >= 0.6 is 0 Å². The second kappa shape index (κ2) is 7.64. The van der Waals surface area contributed by atoms with Gasteiger partial charge in [-0.3, -0.25) is 4.79 Å². The molecular formula is C15H26N2O4. The van der Waals surface area contributed by atoms with Crippen molar-refractivity contribution in [2.75, 3.05) is 32.8 Å². The fourth-order valence-electron chi connectivity index (χ4n) is 3.35. The van der Waals surface area contributed by atoms with Crippen LogP contribution < -0.4 is 0 Å². The lowest BCUT2D eigenvalue weighted by Gasteiger charge is -2.36. The standard InChI is InChI=1S/C15H26N2O4/c1-2-21-15(20)17-8-3-4-13(7-11-17)16-9-5-12(6-10-16)14(18)19/h12-13H,2-11H2,1H3,(H,18,19). The molecule has 1 amide bonds. The van der Waals surface area contributed by atoms with E-state index in [-0.39, 0.29) is 12.0 Å². The summed E-state index contributed by atoms with van der Waals surface area (Å²) in [7, 11) is 0. The van der Waals surface area contributed by atoms with Gasteiger partial charge in [0.15, 0.2) is 0 Å². The van der Waals surface area contributed by atoms with Crippen molar-refractivity contribution in [3.05, 3.63) is 0 Å². The lowest BCUT2D eigenvalue weighted by Crippen LogP contribution is -2.43. The second-order valence-corrected chi connectivity index (χ2v) is 5.92. The van der Waals surface area contributed by atoms with Gasteiger partial charge in [0, 0.05) is 19.1 Å². The molecule has 1 unspecified atom stereocenters. The number of hydrogen-bond donors (Lipinski definition) is 1. The second-order valence-electron chi connectivity index (χ2n) is 5.92. The zero-order valence-electron chi connectivity index (χ0n) is 12.8. The quantitative estimate of drug-likeness (QED) is 0.860. The van der Waals surface area contributed by atoms with E-state index in [2.05, 4.69) is 4.90 Å². The van der Waals surface area contributed by atoms with Gasteiger partial charge in [-0.15, -0.1) is 0 Å². The third-order valence-electron chi connectivity index (χ3n) is 4.62.